The number of rotatable bonds is 4. The van der Waals surface area contributed by atoms with Crippen molar-refractivity contribution in [3.63, 3.8) is 0 Å². The highest BCUT2D eigenvalue weighted by atomic mass is 35.5. The molecule has 1 heterocycles. The van der Waals surface area contributed by atoms with Gasteiger partial charge in [0.2, 0.25) is 5.91 Å². The van der Waals surface area contributed by atoms with Crippen LogP contribution in [0, 0.1) is 12.8 Å². The number of amides is 2. The fraction of sp³-hybridized carbons (Fsp3) is 0.364. The minimum absolute atomic E-state index is 0.0223. The molecule has 1 saturated heterocycles. The zero-order valence-electron chi connectivity index (χ0n) is 15.7. The molecule has 0 saturated carbocycles. The maximum atomic E-state index is 13.3. The van der Waals surface area contributed by atoms with E-state index in [4.69, 9.17) is 11.6 Å². The van der Waals surface area contributed by atoms with Crippen LogP contribution in [-0.4, -0.2) is 29.8 Å². The number of nitrogens with one attached hydrogen (secondary N) is 1. The summed E-state index contributed by atoms with van der Waals surface area (Å²) in [6.45, 7) is 4.98. The average Bonchev–Trinajstić information content (AvgIpc) is 2.68. The van der Waals surface area contributed by atoms with Crippen molar-refractivity contribution >= 4 is 23.4 Å². The molecule has 2 amide bonds. The molecule has 1 aliphatic heterocycles. The van der Waals surface area contributed by atoms with Gasteiger partial charge < -0.3 is 10.2 Å². The molecule has 1 aliphatic rings. The minimum Gasteiger partial charge on any atom is -0.356 e. The van der Waals surface area contributed by atoms with E-state index in [0.717, 1.165) is 24.0 Å². The minimum atomic E-state index is -0.178. The Labute approximate surface area is 165 Å². The fourth-order valence-corrected chi connectivity index (χ4v) is 3.84. The quantitative estimate of drug-likeness (QED) is 0.850. The first-order valence-corrected chi connectivity index (χ1v) is 9.78. The van der Waals surface area contributed by atoms with E-state index in [1.165, 1.54) is 0 Å². The zero-order chi connectivity index (χ0) is 19.4. The molecule has 2 atom stereocenters. The fourth-order valence-electron chi connectivity index (χ4n) is 3.71. The van der Waals surface area contributed by atoms with E-state index in [0.29, 0.717) is 23.7 Å². The molecule has 2 aromatic rings. The van der Waals surface area contributed by atoms with Crippen LogP contribution in [0.25, 0.3) is 0 Å². The smallest absolute Gasteiger partial charge is 0.254 e. The highest BCUT2D eigenvalue weighted by Gasteiger charge is 2.35. The summed E-state index contributed by atoms with van der Waals surface area (Å²) < 4.78 is 0. The van der Waals surface area contributed by atoms with Crippen molar-refractivity contribution in [3.05, 3.63) is 70.2 Å². The number of piperidine rings is 1. The Kier molecular flexibility index (Phi) is 6.17. The normalized spacial score (nSPS) is 19.6. The molecule has 2 aromatic carbocycles. The van der Waals surface area contributed by atoms with Crippen molar-refractivity contribution in [2.45, 2.75) is 32.7 Å². The molecular weight excluding hydrogens is 360 g/mol. The lowest BCUT2D eigenvalue weighted by atomic mass is 9.87. The number of nitrogens with zero attached hydrogens (tertiary/aromatic N) is 1. The molecule has 0 radical (unpaired) electrons. The first-order chi connectivity index (χ1) is 13.0. The van der Waals surface area contributed by atoms with Crippen LogP contribution in [0.3, 0.4) is 0 Å². The third kappa shape index (κ3) is 4.51. The van der Waals surface area contributed by atoms with Gasteiger partial charge in [-0.25, -0.2) is 0 Å². The zero-order valence-corrected chi connectivity index (χ0v) is 16.5. The van der Waals surface area contributed by atoms with Gasteiger partial charge in [-0.2, -0.15) is 0 Å². The van der Waals surface area contributed by atoms with E-state index >= 15 is 0 Å². The largest absolute Gasteiger partial charge is 0.356 e. The van der Waals surface area contributed by atoms with Crippen molar-refractivity contribution in [3.8, 4) is 0 Å². The van der Waals surface area contributed by atoms with Crippen molar-refractivity contribution in [1.29, 1.82) is 0 Å². The Morgan fingerprint density at radius 1 is 1.15 bits per heavy atom. The van der Waals surface area contributed by atoms with E-state index in [2.05, 4.69) is 30.4 Å². The van der Waals surface area contributed by atoms with Crippen LogP contribution in [0.5, 0.6) is 0 Å². The summed E-state index contributed by atoms with van der Waals surface area (Å²) in [5.74, 6) is -0.219. The van der Waals surface area contributed by atoms with Gasteiger partial charge in [-0.05, 0) is 56.5 Å². The number of hydrogen-bond donors (Lipinski definition) is 1. The summed E-state index contributed by atoms with van der Waals surface area (Å²) in [6.07, 6.45) is 1.54. The van der Waals surface area contributed by atoms with Gasteiger partial charge >= 0.3 is 0 Å². The van der Waals surface area contributed by atoms with Crippen LogP contribution in [0.15, 0.2) is 48.5 Å². The molecule has 1 fully saturated rings. The van der Waals surface area contributed by atoms with Gasteiger partial charge in [0, 0.05) is 23.7 Å². The van der Waals surface area contributed by atoms with E-state index in [1.807, 2.05) is 17.9 Å². The number of halogens is 1. The van der Waals surface area contributed by atoms with Gasteiger partial charge in [-0.15, -0.1) is 0 Å². The molecular formula is C22H25ClN2O2. The topological polar surface area (TPSA) is 49.4 Å². The molecule has 0 aromatic heterocycles. The molecule has 5 heteroatoms. The molecule has 0 unspecified atom stereocenters. The Balaban J connectivity index is 1.91. The predicted octanol–water partition coefficient (Wildman–Crippen LogP) is 4.38. The molecule has 27 heavy (non-hydrogen) atoms. The monoisotopic (exact) mass is 384 g/mol. The van der Waals surface area contributed by atoms with E-state index in [9.17, 15) is 9.59 Å². The molecule has 3 rings (SSSR count). The van der Waals surface area contributed by atoms with Gasteiger partial charge in [0.1, 0.15) is 0 Å². The predicted molar refractivity (Wildman–Crippen MR) is 108 cm³/mol. The lowest BCUT2D eigenvalue weighted by Gasteiger charge is -2.39. The summed E-state index contributed by atoms with van der Waals surface area (Å²) in [5, 5.41) is 3.49. The molecule has 1 N–H and O–H groups in total. The Morgan fingerprint density at radius 3 is 2.56 bits per heavy atom. The molecule has 142 valence electrons. The van der Waals surface area contributed by atoms with Crippen molar-refractivity contribution < 1.29 is 9.59 Å². The standard InChI is InChI=1S/C22H25ClN2O2/c1-3-24-21(26)18-9-12-20(17-6-4-5-15(2)13-17)25(14-18)22(27)16-7-10-19(23)11-8-16/h4-8,10-11,13,18,20H,3,9,12,14H2,1-2H3,(H,24,26)/t18-,20+/m1/s1. The van der Waals surface area contributed by atoms with Gasteiger partial charge in [-0.1, -0.05) is 41.4 Å². The average molecular weight is 385 g/mol. The number of likely N-dealkylation sites (tertiary alicyclic amines) is 1. The Hall–Kier alpha value is -2.33. The highest BCUT2D eigenvalue weighted by molar-refractivity contribution is 6.30. The maximum absolute atomic E-state index is 13.3. The van der Waals surface area contributed by atoms with Gasteiger partial charge in [-0.3, -0.25) is 9.59 Å². The third-order valence-corrected chi connectivity index (χ3v) is 5.33. The summed E-state index contributed by atoms with van der Waals surface area (Å²) in [7, 11) is 0. The van der Waals surface area contributed by atoms with Crippen LogP contribution < -0.4 is 5.32 Å². The third-order valence-electron chi connectivity index (χ3n) is 5.08. The molecule has 0 spiro atoms. The van der Waals surface area contributed by atoms with Gasteiger partial charge in [0.25, 0.3) is 5.91 Å². The number of carbonyl (C=O) groups excluding carboxylic acids is 2. The number of aryl methyl sites for hydroxylation is 1. The molecule has 0 aliphatic carbocycles. The lowest BCUT2D eigenvalue weighted by Crippen LogP contribution is -2.47. The Bertz CT molecular complexity index is 819. The van der Waals surface area contributed by atoms with E-state index in [1.54, 1.807) is 24.3 Å². The highest BCUT2D eigenvalue weighted by Crippen LogP contribution is 2.35. The second-order valence-corrected chi connectivity index (χ2v) is 7.50. The van der Waals surface area contributed by atoms with Crippen molar-refractivity contribution in [1.82, 2.24) is 10.2 Å². The van der Waals surface area contributed by atoms with Crippen LogP contribution in [0.2, 0.25) is 5.02 Å². The van der Waals surface area contributed by atoms with E-state index < -0.39 is 0 Å². The van der Waals surface area contributed by atoms with Crippen LogP contribution in [-0.2, 0) is 4.79 Å². The molecule has 0 bridgehead atoms. The second kappa shape index (κ2) is 8.57. The number of benzene rings is 2. The summed E-state index contributed by atoms with van der Waals surface area (Å²) in [4.78, 5) is 27.5. The van der Waals surface area contributed by atoms with Crippen LogP contribution in [0.4, 0.5) is 0 Å². The SMILES string of the molecule is CCNC(=O)[C@@H]1CC[C@@H](c2cccc(C)c2)N(C(=O)c2ccc(Cl)cc2)C1. The second-order valence-electron chi connectivity index (χ2n) is 7.06. The Morgan fingerprint density at radius 2 is 1.89 bits per heavy atom. The first-order valence-electron chi connectivity index (χ1n) is 9.40. The maximum Gasteiger partial charge on any atom is 0.254 e. The number of carbonyl (C=O) groups is 2. The lowest BCUT2D eigenvalue weighted by molar-refractivity contribution is -0.126. The van der Waals surface area contributed by atoms with Crippen LogP contribution in [0.1, 0.15) is 47.3 Å². The van der Waals surface area contributed by atoms with Crippen molar-refractivity contribution in [2.75, 3.05) is 13.1 Å². The van der Waals surface area contributed by atoms with Crippen LogP contribution >= 0.6 is 11.6 Å². The van der Waals surface area contributed by atoms with Gasteiger partial charge in [0.15, 0.2) is 0 Å². The molecule has 4 nitrogen and oxygen atoms in total. The first kappa shape index (κ1) is 19.4. The van der Waals surface area contributed by atoms with E-state index in [-0.39, 0.29) is 23.8 Å². The summed E-state index contributed by atoms with van der Waals surface area (Å²) in [5.41, 5.74) is 2.87. The summed E-state index contributed by atoms with van der Waals surface area (Å²) in [6, 6.07) is 15.2. The van der Waals surface area contributed by atoms with Crippen molar-refractivity contribution in [2.24, 2.45) is 5.92 Å². The summed E-state index contributed by atoms with van der Waals surface area (Å²) >= 11 is 5.97. The van der Waals surface area contributed by atoms with Gasteiger partial charge in [0.05, 0.1) is 12.0 Å². The number of hydrogen-bond acceptors (Lipinski definition) is 2.